The van der Waals surface area contributed by atoms with E-state index in [4.69, 9.17) is 11.1 Å². The van der Waals surface area contributed by atoms with Crippen molar-refractivity contribution >= 4 is 34.4 Å². The third kappa shape index (κ3) is 2.61. The van der Waals surface area contributed by atoms with Gasteiger partial charge in [-0.15, -0.1) is 0 Å². The van der Waals surface area contributed by atoms with Crippen molar-refractivity contribution in [2.75, 3.05) is 12.4 Å². The van der Waals surface area contributed by atoms with Gasteiger partial charge < -0.3 is 16.0 Å². The SMILES string of the molecule is CC(=O)Nc1ccc2cc(C(=O)N(C)C(=N)N)[nH]c2c1. The number of guanidine groups is 1. The lowest BCUT2D eigenvalue weighted by atomic mass is 10.2. The van der Waals surface area contributed by atoms with E-state index in [0.717, 1.165) is 15.8 Å². The second kappa shape index (κ2) is 5.04. The number of hydrogen-bond acceptors (Lipinski definition) is 3. The normalized spacial score (nSPS) is 10.3. The Hall–Kier alpha value is -2.83. The largest absolute Gasteiger partial charge is 0.370 e. The van der Waals surface area contributed by atoms with Crippen LogP contribution in [0.15, 0.2) is 24.3 Å². The molecule has 0 unspecified atom stereocenters. The first-order chi connectivity index (χ1) is 9.38. The van der Waals surface area contributed by atoms with E-state index in [-0.39, 0.29) is 11.9 Å². The molecule has 104 valence electrons. The molecule has 2 amide bonds. The number of aromatic amines is 1. The highest BCUT2D eigenvalue weighted by Crippen LogP contribution is 2.20. The van der Waals surface area contributed by atoms with Gasteiger partial charge in [0.2, 0.25) is 5.91 Å². The maximum atomic E-state index is 12.0. The van der Waals surface area contributed by atoms with Crippen molar-refractivity contribution in [3.05, 3.63) is 30.0 Å². The number of nitrogens with two attached hydrogens (primary N) is 1. The number of carbonyl (C=O) groups excluding carboxylic acids is 2. The van der Waals surface area contributed by atoms with Crippen LogP contribution in [-0.4, -0.2) is 34.7 Å². The quantitative estimate of drug-likeness (QED) is 0.485. The summed E-state index contributed by atoms with van der Waals surface area (Å²) >= 11 is 0. The third-order valence-corrected chi connectivity index (χ3v) is 2.84. The molecule has 2 rings (SSSR count). The lowest BCUT2D eigenvalue weighted by Gasteiger charge is -2.12. The van der Waals surface area contributed by atoms with Crippen LogP contribution in [0.25, 0.3) is 10.9 Å². The molecule has 0 bridgehead atoms. The second-order valence-corrected chi connectivity index (χ2v) is 4.42. The number of fused-ring (bicyclic) bond motifs is 1. The van der Waals surface area contributed by atoms with Crippen LogP contribution >= 0.6 is 0 Å². The molecule has 0 aliphatic heterocycles. The zero-order valence-corrected chi connectivity index (χ0v) is 11.2. The van der Waals surface area contributed by atoms with Gasteiger partial charge in [0.05, 0.1) is 0 Å². The molecule has 0 aliphatic rings. The third-order valence-electron chi connectivity index (χ3n) is 2.84. The standard InChI is InChI=1S/C13H15N5O2/c1-7(19)16-9-4-3-8-5-11(17-10(8)6-9)12(20)18(2)13(14)15/h3-6,17H,1-2H3,(H3,14,15)(H,16,19). The zero-order chi connectivity index (χ0) is 14.9. The summed E-state index contributed by atoms with van der Waals surface area (Å²) < 4.78 is 0. The number of nitrogens with zero attached hydrogens (tertiary/aromatic N) is 1. The summed E-state index contributed by atoms with van der Waals surface area (Å²) in [7, 11) is 1.43. The number of benzene rings is 1. The van der Waals surface area contributed by atoms with Crippen LogP contribution in [0, 0.1) is 5.41 Å². The summed E-state index contributed by atoms with van der Waals surface area (Å²) in [6.45, 7) is 1.43. The predicted octanol–water partition coefficient (Wildman–Crippen LogP) is 1.09. The van der Waals surface area contributed by atoms with Crippen molar-refractivity contribution in [2.45, 2.75) is 6.92 Å². The molecular formula is C13H15N5O2. The monoisotopic (exact) mass is 273 g/mol. The minimum Gasteiger partial charge on any atom is -0.370 e. The Morgan fingerprint density at radius 3 is 2.65 bits per heavy atom. The fraction of sp³-hybridized carbons (Fsp3) is 0.154. The molecule has 7 nitrogen and oxygen atoms in total. The highest BCUT2D eigenvalue weighted by atomic mass is 16.2. The summed E-state index contributed by atoms with van der Waals surface area (Å²) in [5.74, 6) is -0.883. The predicted molar refractivity (Wildman–Crippen MR) is 76.6 cm³/mol. The van der Waals surface area contributed by atoms with Crippen molar-refractivity contribution in [1.29, 1.82) is 5.41 Å². The number of hydrogen-bond donors (Lipinski definition) is 4. The van der Waals surface area contributed by atoms with Crippen molar-refractivity contribution < 1.29 is 9.59 Å². The van der Waals surface area contributed by atoms with E-state index in [9.17, 15) is 9.59 Å². The van der Waals surface area contributed by atoms with Gasteiger partial charge >= 0.3 is 0 Å². The number of amides is 2. The number of rotatable bonds is 2. The maximum absolute atomic E-state index is 12.0. The molecule has 5 N–H and O–H groups in total. The molecule has 0 spiro atoms. The Kier molecular flexibility index (Phi) is 3.43. The first-order valence-corrected chi connectivity index (χ1v) is 5.91. The van der Waals surface area contributed by atoms with E-state index in [1.165, 1.54) is 14.0 Å². The van der Waals surface area contributed by atoms with Gasteiger partial charge in [-0.3, -0.25) is 19.9 Å². The van der Waals surface area contributed by atoms with Crippen LogP contribution in [0.2, 0.25) is 0 Å². The molecule has 2 aromatic rings. The highest BCUT2D eigenvalue weighted by molar-refractivity contribution is 6.06. The van der Waals surface area contributed by atoms with Gasteiger partial charge in [-0.1, -0.05) is 6.07 Å². The number of carbonyl (C=O) groups is 2. The molecule has 7 heteroatoms. The van der Waals surface area contributed by atoms with Crippen LogP contribution in [0.3, 0.4) is 0 Å². The number of H-pyrrole nitrogens is 1. The number of nitrogens with one attached hydrogen (secondary N) is 3. The van der Waals surface area contributed by atoms with Crippen LogP contribution in [0.5, 0.6) is 0 Å². The molecule has 0 fully saturated rings. The molecule has 1 aromatic carbocycles. The van der Waals surface area contributed by atoms with Gasteiger partial charge in [0.25, 0.3) is 5.91 Å². The Morgan fingerprint density at radius 2 is 2.05 bits per heavy atom. The van der Waals surface area contributed by atoms with Gasteiger partial charge in [-0.25, -0.2) is 0 Å². The van der Waals surface area contributed by atoms with E-state index in [1.54, 1.807) is 24.3 Å². The minimum atomic E-state index is -0.394. The lowest BCUT2D eigenvalue weighted by Crippen LogP contribution is -2.38. The molecule has 1 aromatic heterocycles. The molecule has 1 heterocycles. The van der Waals surface area contributed by atoms with Crippen LogP contribution in [0.4, 0.5) is 5.69 Å². The second-order valence-electron chi connectivity index (χ2n) is 4.42. The van der Waals surface area contributed by atoms with E-state index in [0.29, 0.717) is 11.4 Å². The van der Waals surface area contributed by atoms with Crippen molar-refractivity contribution in [3.8, 4) is 0 Å². The summed E-state index contributed by atoms with van der Waals surface area (Å²) in [6, 6.07) is 6.96. The van der Waals surface area contributed by atoms with E-state index in [1.807, 2.05) is 0 Å². The van der Waals surface area contributed by atoms with Crippen molar-refractivity contribution in [2.24, 2.45) is 5.73 Å². The fourth-order valence-corrected chi connectivity index (χ4v) is 1.81. The number of anilines is 1. The van der Waals surface area contributed by atoms with Crippen LogP contribution in [-0.2, 0) is 4.79 Å². The smallest absolute Gasteiger partial charge is 0.276 e. The summed E-state index contributed by atoms with van der Waals surface area (Å²) in [5, 5.41) is 10.7. The minimum absolute atomic E-state index is 0.163. The summed E-state index contributed by atoms with van der Waals surface area (Å²) in [5.41, 5.74) is 6.97. The van der Waals surface area contributed by atoms with Crippen LogP contribution in [0.1, 0.15) is 17.4 Å². The van der Waals surface area contributed by atoms with Gasteiger partial charge in [-0.05, 0) is 18.2 Å². The summed E-state index contributed by atoms with van der Waals surface area (Å²) in [4.78, 5) is 27.0. The Bertz CT molecular complexity index is 704. The highest BCUT2D eigenvalue weighted by Gasteiger charge is 2.16. The average molecular weight is 273 g/mol. The topological polar surface area (TPSA) is 115 Å². The molecule has 0 atom stereocenters. The number of aromatic nitrogens is 1. The first kappa shape index (κ1) is 13.6. The molecule has 20 heavy (non-hydrogen) atoms. The van der Waals surface area contributed by atoms with Crippen molar-refractivity contribution in [1.82, 2.24) is 9.88 Å². The Balaban J connectivity index is 2.36. The Morgan fingerprint density at radius 1 is 1.35 bits per heavy atom. The molecular weight excluding hydrogens is 258 g/mol. The molecule has 0 radical (unpaired) electrons. The van der Waals surface area contributed by atoms with Gasteiger partial charge in [-0.2, -0.15) is 0 Å². The summed E-state index contributed by atoms with van der Waals surface area (Å²) in [6.07, 6.45) is 0. The van der Waals surface area contributed by atoms with E-state index < -0.39 is 5.91 Å². The fourth-order valence-electron chi connectivity index (χ4n) is 1.81. The Labute approximate surface area is 115 Å². The van der Waals surface area contributed by atoms with Gasteiger partial charge in [0.15, 0.2) is 5.96 Å². The molecule has 0 saturated carbocycles. The average Bonchev–Trinajstić information content (AvgIpc) is 2.79. The first-order valence-electron chi connectivity index (χ1n) is 5.91. The molecule has 0 aliphatic carbocycles. The van der Waals surface area contributed by atoms with Gasteiger partial charge in [0.1, 0.15) is 5.69 Å². The van der Waals surface area contributed by atoms with Crippen LogP contribution < -0.4 is 11.1 Å². The maximum Gasteiger partial charge on any atom is 0.276 e. The van der Waals surface area contributed by atoms with Gasteiger partial charge in [0, 0.05) is 30.6 Å². The van der Waals surface area contributed by atoms with E-state index in [2.05, 4.69) is 10.3 Å². The lowest BCUT2D eigenvalue weighted by molar-refractivity contribution is -0.114. The van der Waals surface area contributed by atoms with E-state index >= 15 is 0 Å². The van der Waals surface area contributed by atoms with Crippen molar-refractivity contribution in [3.63, 3.8) is 0 Å². The molecule has 0 saturated heterocycles. The zero-order valence-electron chi connectivity index (χ0n) is 11.2.